The maximum atomic E-state index is 12.1. The third-order valence-electron chi connectivity index (χ3n) is 2.66. The fourth-order valence-electron chi connectivity index (χ4n) is 1.60. The first kappa shape index (κ1) is 12.5. The molecule has 0 heterocycles. The third kappa shape index (κ3) is 3.06. The Morgan fingerprint density at radius 2 is 1.67 bits per heavy atom. The fraction of sp³-hybridized carbons (Fsp3) is 0.133. The van der Waals surface area contributed by atoms with E-state index in [4.69, 9.17) is 5.26 Å². The highest BCUT2D eigenvalue weighted by atomic mass is 32.2. The summed E-state index contributed by atoms with van der Waals surface area (Å²) >= 11 is 0. The molecule has 0 radical (unpaired) electrons. The van der Waals surface area contributed by atoms with Crippen LogP contribution in [0.3, 0.4) is 0 Å². The number of benzene rings is 2. The van der Waals surface area contributed by atoms with Gasteiger partial charge in [-0.15, -0.1) is 0 Å². The Balaban J connectivity index is 2.11. The predicted molar refractivity (Wildman–Crippen MR) is 72.4 cm³/mol. The highest BCUT2D eigenvalue weighted by Gasteiger charge is 2.04. The van der Waals surface area contributed by atoms with Crippen LogP contribution in [-0.2, 0) is 16.6 Å². The normalized spacial score (nSPS) is 11.8. The molecule has 0 saturated heterocycles. The van der Waals surface area contributed by atoms with Crippen LogP contribution in [0.1, 0.15) is 16.7 Å². The molecule has 0 aliphatic carbocycles. The molecule has 0 aliphatic rings. The third-order valence-corrected chi connectivity index (χ3v) is 4.06. The van der Waals surface area contributed by atoms with Crippen molar-refractivity contribution < 1.29 is 4.21 Å². The Kier molecular flexibility index (Phi) is 3.91. The van der Waals surface area contributed by atoms with Gasteiger partial charge >= 0.3 is 0 Å². The quantitative estimate of drug-likeness (QED) is 0.845. The van der Waals surface area contributed by atoms with E-state index in [-0.39, 0.29) is 0 Å². The van der Waals surface area contributed by atoms with Gasteiger partial charge in [0, 0.05) is 4.90 Å². The lowest BCUT2D eigenvalue weighted by Gasteiger charge is -2.03. The van der Waals surface area contributed by atoms with Crippen molar-refractivity contribution in [2.75, 3.05) is 0 Å². The molecule has 3 heteroatoms. The summed E-state index contributed by atoms with van der Waals surface area (Å²) in [5.41, 5.74) is 2.77. The molecule has 0 amide bonds. The predicted octanol–water partition coefficient (Wildman–Crippen LogP) is 3.17. The molecule has 1 atom stereocenters. The lowest BCUT2D eigenvalue weighted by atomic mass is 10.2. The largest absolute Gasteiger partial charge is 0.254 e. The molecular weight excluding hydrogens is 242 g/mol. The Hall–Kier alpha value is -1.92. The molecule has 18 heavy (non-hydrogen) atoms. The summed E-state index contributed by atoms with van der Waals surface area (Å²) < 4.78 is 12.1. The van der Waals surface area contributed by atoms with Gasteiger partial charge in [0.05, 0.1) is 28.2 Å². The van der Waals surface area contributed by atoms with Crippen molar-refractivity contribution in [2.24, 2.45) is 0 Å². The van der Waals surface area contributed by atoms with Crippen molar-refractivity contribution in [3.05, 3.63) is 65.2 Å². The van der Waals surface area contributed by atoms with Crippen LogP contribution in [0.15, 0.2) is 53.4 Å². The maximum Gasteiger partial charge on any atom is 0.0991 e. The minimum atomic E-state index is -1.03. The van der Waals surface area contributed by atoms with Gasteiger partial charge in [-0.25, -0.2) is 0 Å². The van der Waals surface area contributed by atoms with Crippen LogP contribution in [0.4, 0.5) is 0 Å². The molecule has 0 aromatic heterocycles. The van der Waals surface area contributed by atoms with Crippen LogP contribution in [0.25, 0.3) is 0 Å². The van der Waals surface area contributed by atoms with E-state index < -0.39 is 10.8 Å². The molecule has 2 rings (SSSR count). The Labute approximate surface area is 109 Å². The van der Waals surface area contributed by atoms with Crippen molar-refractivity contribution in [3.8, 4) is 6.07 Å². The molecular formula is C15H13NOS. The minimum Gasteiger partial charge on any atom is -0.254 e. The molecule has 90 valence electrons. The number of aryl methyl sites for hydroxylation is 1. The number of rotatable bonds is 3. The van der Waals surface area contributed by atoms with Gasteiger partial charge in [0.15, 0.2) is 0 Å². The van der Waals surface area contributed by atoms with E-state index in [1.807, 2.05) is 43.3 Å². The van der Waals surface area contributed by atoms with Crippen LogP contribution >= 0.6 is 0 Å². The summed E-state index contributed by atoms with van der Waals surface area (Å²) in [6.07, 6.45) is 0. The first-order valence-corrected chi connectivity index (χ1v) is 6.95. The zero-order valence-corrected chi connectivity index (χ0v) is 10.9. The standard InChI is InChI=1S/C15H13NOS/c1-12-2-8-15(9-3-12)18(17)11-14-6-4-13(10-16)5-7-14/h2-9H,11H2,1H3. The molecule has 2 nitrogen and oxygen atoms in total. The Morgan fingerprint density at radius 3 is 2.22 bits per heavy atom. The average molecular weight is 255 g/mol. The lowest BCUT2D eigenvalue weighted by Crippen LogP contribution is -1.96. The molecule has 0 bridgehead atoms. The zero-order chi connectivity index (χ0) is 13.0. The van der Waals surface area contributed by atoms with Crippen molar-refractivity contribution in [1.29, 1.82) is 5.26 Å². The van der Waals surface area contributed by atoms with Gasteiger partial charge in [0.25, 0.3) is 0 Å². The average Bonchev–Trinajstić information content (AvgIpc) is 2.40. The fourth-order valence-corrected chi connectivity index (χ4v) is 2.70. The Bertz CT molecular complexity index is 594. The molecule has 0 fully saturated rings. The molecule has 0 saturated carbocycles. The number of hydrogen-bond acceptors (Lipinski definition) is 2. The van der Waals surface area contributed by atoms with Gasteiger partial charge in [-0.3, -0.25) is 4.21 Å². The van der Waals surface area contributed by atoms with E-state index in [9.17, 15) is 4.21 Å². The topological polar surface area (TPSA) is 40.9 Å². The minimum absolute atomic E-state index is 0.481. The molecule has 0 spiro atoms. The second kappa shape index (κ2) is 5.61. The molecule has 0 aliphatic heterocycles. The second-order valence-electron chi connectivity index (χ2n) is 4.11. The summed E-state index contributed by atoms with van der Waals surface area (Å²) in [6, 6.07) is 17.0. The van der Waals surface area contributed by atoms with Crippen LogP contribution in [0.2, 0.25) is 0 Å². The first-order valence-electron chi connectivity index (χ1n) is 5.63. The SMILES string of the molecule is Cc1ccc(S(=O)Cc2ccc(C#N)cc2)cc1. The summed E-state index contributed by atoms with van der Waals surface area (Å²) in [4.78, 5) is 0.838. The first-order chi connectivity index (χ1) is 8.69. The van der Waals surface area contributed by atoms with Gasteiger partial charge in [-0.2, -0.15) is 5.26 Å². The monoisotopic (exact) mass is 255 g/mol. The Morgan fingerprint density at radius 1 is 1.06 bits per heavy atom. The van der Waals surface area contributed by atoms with E-state index in [0.29, 0.717) is 11.3 Å². The highest BCUT2D eigenvalue weighted by molar-refractivity contribution is 7.84. The lowest BCUT2D eigenvalue weighted by molar-refractivity contribution is 0.682. The molecule has 0 N–H and O–H groups in total. The molecule has 2 aromatic rings. The summed E-state index contributed by atoms with van der Waals surface area (Å²) in [5.74, 6) is 0.481. The number of nitriles is 1. The highest BCUT2D eigenvalue weighted by Crippen LogP contribution is 2.13. The van der Waals surface area contributed by atoms with Gasteiger partial charge in [0.2, 0.25) is 0 Å². The molecule has 1 unspecified atom stereocenters. The van der Waals surface area contributed by atoms with Crippen LogP contribution < -0.4 is 0 Å². The van der Waals surface area contributed by atoms with Gasteiger partial charge in [-0.1, -0.05) is 29.8 Å². The van der Waals surface area contributed by atoms with Crippen molar-refractivity contribution in [1.82, 2.24) is 0 Å². The van der Waals surface area contributed by atoms with E-state index >= 15 is 0 Å². The second-order valence-corrected chi connectivity index (χ2v) is 5.56. The van der Waals surface area contributed by atoms with Crippen LogP contribution in [0.5, 0.6) is 0 Å². The van der Waals surface area contributed by atoms with Gasteiger partial charge in [0.1, 0.15) is 0 Å². The number of nitrogens with zero attached hydrogens (tertiary/aromatic N) is 1. The van der Waals surface area contributed by atoms with Gasteiger partial charge in [-0.05, 0) is 36.8 Å². The van der Waals surface area contributed by atoms with Crippen molar-refractivity contribution >= 4 is 10.8 Å². The van der Waals surface area contributed by atoms with E-state index in [2.05, 4.69) is 6.07 Å². The number of hydrogen-bond donors (Lipinski definition) is 0. The van der Waals surface area contributed by atoms with E-state index in [0.717, 1.165) is 16.0 Å². The maximum absolute atomic E-state index is 12.1. The van der Waals surface area contributed by atoms with E-state index in [1.54, 1.807) is 12.1 Å². The summed E-state index contributed by atoms with van der Waals surface area (Å²) in [6.45, 7) is 2.01. The molecule has 2 aromatic carbocycles. The van der Waals surface area contributed by atoms with E-state index in [1.165, 1.54) is 0 Å². The van der Waals surface area contributed by atoms with Crippen molar-refractivity contribution in [2.45, 2.75) is 17.6 Å². The van der Waals surface area contributed by atoms with Crippen LogP contribution in [-0.4, -0.2) is 4.21 Å². The summed E-state index contributed by atoms with van der Waals surface area (Å²) in [5, 5.41) is 8.70. The zero-order valence-electron chi connectivity index (χ0n) is 10.1. The summed E-state index contributed by atoms with van der Waals surface area (Å²) in [7, 11) is -1.03. The van der Waals surface area contributed by atoms with Gasteiger partial charge < -0.3 is 0 Å². The van der Waals surface area contributed by atoms with Crippen LogP contribution in [0, 0.1) is 18.3 Å². The smallest absolute Gasteiger partial charge is 0.0991 e. The van der Waals surface area contributed by atoms with Crippen molar-refractivity contribution in [3.63, 3.8) is 0 Å².